The lowest BCUT2D eigenvalue weighted by molar-refractivity contribution is 0.265. The third-order valence-electron chi connectivity index (χ3n) is 3.40. The fourth-order valence-corrected chi connectivity index (χ4v) is 1.90. The molecule has 0 saturated heterocycles. The molecule has 0 aliphatic carbocycles. The predicted molar refractivity (Wildman–Crippen MR) is 65.7 cm³/mol. The summed E-state index contributed by atoms with van der Waals surface area (Å²) in [4.78, 5) is 0. The van der Waals surface area contributed by atoms with Crippen molar-refractivity contribution in [3.63, 3.8) is 0 Å². The zero-order valence-corrected chi connectivity index (χ0v) is 10.8. The minimum absolute atomic E-state index is 0.368. The Bertz CT molecular complexity index is 129. The fourth-order valence-electron chi connectivity index (χ4n) is 1.90. The first-order valence-electron chi connectivity index (χ1n) is 6.39. The van der Waals surface area contributed by atoms with Crippen molar-refractivity contribution < 1.29 is 0 Å². The van der Waals surface area contributed by atoms with Gasteiger partial charge in [-0.2, -0.15) is 0 Å². The number of nitrogens with one attached hydrogen (secondary N) is 1. The summed E-state index contributed by atoms with van der Waals surface area (Å²) in [6.45, 7) is 11.5. The molecule has 0 aromatic carbocycles. The Kier molecular flexibility index (Phi) is 7.26. The van der Waals surface area contributed by atoms with Crippen LogP contribution in [0.4, 0.5) is 0 Å². The van der Waals surface area contributed by atoms with Crippen molar-refractivity contribution in [3.8, 4) is 0 Å². The minimum Gasteiger partial charge on any atom is -0.309 e. The first-order chi connectivity index (χ1) is 6.61. The SMILES string of the molecule is CCCCC(C)(CC)NC(CC)CC. The van der Waals surface area contributed by atoms with E-state index in [1.807, 2.05) is 0 Å². The standard InChI is InChI=1S/C13H29N/c1-6-10-11-13(5,9-4)14-12(7-2)8-3/h12,14H,6-11H2,1-5H3. The monoisotopic (exact) mass is 199 g/mol. The van der Waals surface area contributed by atoms with E-state index in [9.17, 15) is 0 Å². The molecule has 0 aromatic heterocycles. The smallest absolute Gasteiger partial charge is 0.0153 e. The second kappa shape index (κ2) is 7.28. The van der Waals surface area contributed by atoms with Crippen molar-refractivity contribution in [3.05, 3.63) is 0 Å². The summed E-state index contributed by atoms with van der Waals surface area (Å²) in [5.41, 5.74) is 0.368. The predicted octanol–water partition coefficient (Wildman–Crippen LogP) is 4.12. The maximum Gasteiger partial charge on any atom is 0.0153 e. The van der Waals surface area contributed by atoms with Gasteiger partial charge in [0.2, 0.25) is 0 Å². The minimum atomic E-state index is 0.368. The van der Waals surface area contributed by atoms with Gasteiger partial charge in [-0.1, -0.05) is 40.5 Å². The van der Waals surface area contributed by atoms with Crippen LogP contribution in [0.2, 0.25) is 0 Å². The Morgan fingerprint density at radius 3 is 2.00 bits per heavy atom. The van der Waals surface area contributed by atoms with Gasteiger partial charge in [-0.25, -0.2) is 0 Å². The second-order valence-corrected chi connectivity index (χ2v) is 4.68. The van der Waals surface area contributed by atoms with E-state index < -0.39 is 0 Å². The summed E-state index contributed by atoms with van der Waals surface area (Å²) in [6, 6.07) is 0.705. The third kappa shape index (κ3) is 4.99. The van der Waals surface area contributed by atoms with Crippen molar-refractivity contribution in [2.24, 2.45) is 0 Å². The van der Waals surface area contributed by atoms with E-state index in [-0.39, 0.29) is 0 Å². The fraction of sp³-hybridized carbons (Fsp3) is 1.00. The largest absolute Gasteiger partial charge is 0.309 e. The normalized spacial score (nSPS) is 15.9. The molecule has 86 valence electrons. The van der Waals surface area contributed by atoms with Gasteiger partial charge in [0.15, 0.2) is 0 Å². The topological polar surface area (TPSA) is 12.0 Å². The van der Waals surface area contributed by atoms with Crippen LogP contribution in [0.5, 0.6) is 0 Å². The highest BCUT2D eigenvalue weighted by molar-refractivity contribution is 4.84. The van der Waals surface area contributed by atoms with Gasteiger partial charge in [-0.05, 0) is 32.6 Å². The molecule has 0 radical (unpaired) electrons. The molecule has 0 rings (SSSR count). The zero-order chi connectivity index (χ0) is 11.0. The molecule has 1 N–H and O–H groups in total. The summed E-state index contributed by atoms with van der Waals surface area (Å²) in [5, 5.41) is 3.81. The molecule has 0 aromatic rings. The average Bonchev–Trinajstić information content (AvgIpc) is 2.23. The molecule has 0 aliphatic heterocycles. The molecule has 1 heteroatoms. The van der Waals surface area contributed by atoms with Crippen molar-refractivity contribution in [1.29, 1.82) is 0 Å². The van der Waals surface area contributed by atoms with Crippen LogP contribution in [0.3, 0.4) is 0 Å². The molecule has 1 unspecified atom stereocenters. The second-order valence-electron chi connectivity index (χ2n) is 4.68. The molecular formula is C13H29N. The van der Waals surface area contributed by atoms with E-state index in [0.717, 1.165) is 0 Å². The lowest BCUT2D eigenvalue weighted by Gasteiger charge is -2.34. The van der Waals surface area contributed by atoms with Crippen LogP contribution in [-0.4, -0.2) is 11.6 Å². The van der Waals surface area contributed by atoms with E-state index in [1.165, 1.54) is 38.5 Å². The molecule has 14 heavy (non-hydrogen) atoms. The van der Waals surface area contributed by atoms with Crippen LogP contribution in [-0.2, 0) is 0 Å². The van der Waals surface area contributed by atoms with Gasteiger partial charge in [-0.15, -0.1) is 0 Å². The average molecular weight is 199 g/mol. The highest BCUT2D eigenvalue weighted by Crippen LogP contribution is 2.19. The molecule has 1 nitrogen and oxygen atoms in total. The van der Waals surface area contributed by atoms with Gasteiger partial charge >= 0.3 is 0 Å². The van der Waals surface area contributed by atoms with E-state index in [2.05, 4.69) is 39.9 Å². The Morgan fingerprint density at radius 2 is 1.64 bits per heavy atom. The van der Waals surface area contributed by atoms with E-state index in [1.54, 1.807) is 0 Å². The molecule has 0 heterocycles. The summed E-state index contributed by atoms with van der Waals surface area (Å²) < 4.78 is 0. The molecule has 0 amide bonds. The molecule has 0 aliphatic rings. The quantitative estimate of drug-likeness (QED) is 0.620. The molecule has 0 bridgehead atoms. The molecule has 0 saturated carbocycles. The van der Waals surface area contributed by atoms with Crippen LogP contribution >= 0.6 is 0 Å². The van der Waals surface area contributed by atoms with Crippen molar-refractivity contribution in [2.45, 2.75) is 84.7 Å². The maximum atomic E-state index is 3.81. The van der Waals surface area contributed by atoms with Crippen LogP contribution < -0.4 is 5.32 Å². The van der Waals surface area contributed by atoms with E-state index in [4.69, 9.17) is 0 Å². The van der Waals surface area contributed by atoms with Crippen LogP contribution in [0, 0.1) is 0 Å². The van der Waals surface area contributed by atoms with Gasteiger partial charge in [0.1, 0.15) is 0 Å². The Labute approximate surface area is 90.7 Å². The van der Waals surface area contributed by atoms with Crippen LogP contribution in [0.15, 0.2) is 0 Å². The van der Waals surface area contributed by atoms with Gasteiger partial charge in [0, 0.05) is 11.6 Å². The van der Waals surface area contributed by atoms with Crippen molar-refractivity contribution >= 4 is 0 Å². The summed E-state index contributed by atoms with van der Waals surface area (Å²) in [6.07, 6.45) is 7.70. The Morgan fingerprint density at radius 1 is 1.07 bits per heavy atom. The Balaban J connectivity index is 4.07. The molecule has 0 fully saturated rings. The zero-order valence-electron chi connectivity index (χ0n) is 10.8. The Hall–Kier alpha value is -0.0400. The summed E-state index contributed by atoms with van der Waals surface area (Å²) in [5.74, 6) is 0. The number of unbranched alkanes of at least 4 members (excludes halogenated alkanes) is 1. The van der Waals surface area contributed by atoms with Gasteiger partial charge in [-0.3, -0.25) is 0 Å². The summed E-state index contributed by atoms with van der Waals surface area (Å²) >= 11 is 0. The van der Waals surface area contributed by atoms with Crippen LogP contribution in [0.1, 0.15) is 73.1 Å². The van der Waals surface area contributed by atoms with E-state index >= 15 is 0 Å². The van der Waals surface area contributed by atoms with Gasteiger partial charge in [0.25, 0.3) is 0 Å². The van der Waals surface area contributed by atoms with Crippen molar-refractivity contribution in [1.82, 2.24) is 5.32 Å². The highest BCUT2D eigenvalue weighted by atomic mass is 15.0. The number of rotatable bonds is 8. The lowest BCUT2D eigenvalue weighted by Crippen LogP contribution is -2.47. The number of hydrogen-bond acceptors (Lipinski definition) is 1. The van der Waals surface area contributed by atoms with E-state index in [0.29, 0.717) is 11.6 Å². The van der Waals surface area contributed by atoms with Gasteiger partial charge < -0.3 is 5.32 Å². The maximum absolute atomic E-state index is 3.81. The highest BCUT2D eigenvalue weighted by Gasteiger charge is 2.23. The molecule has 1 atom stereocenters. The molecule has 0 spiro atoms. The first-order valence-corrected chi connectivity index (χ1v) is 6.39. The lowest BCUT2D eigenvalue weighted by atomic mass is 9.90. The first kappa shape index (κ1) is 14.0. The molecular weight excluding hydrogens is 170 g/mol. The van der Waals surface area contributed by atoms with Gasteiger partial charge in [0.05, 0.1) is 0 Å². The van der Waals surface area contributed by atoms with Crippen LogP contribution in [0.25, 0.3) is 0 Å². The number of hydrogen-bond donors (Lipinski definition) is 1. The third-order valence-corrected chi connectivity index (χ3v) is 3.40. The summed E-state index contributed by atoms with van der Waals surface area (Å²) in [7, 11) is 0. The van der Waals surface area contributed by atoms with Crippen molar-refractivity contribution in [2.75, 3.05) is 0 Å².